The summed E-state index contributed by atoms with van der Waals surface area (Å²) in [7, 11) is 0. The van der Waals surface area contributed by atoms with E-state index in [9.17, 15) is 5.11 Å². The van der Waals surface area contributed by atoms with E-state index in [1.54, 1.807) is 0 Å². The number of allylic oxidation sites excluding steroid dienone is 1. The van der Waals surface area contributed by atoms with Gasteiger partial charge in [0.1, 0.15) is 0 Å². The first-order valence-corrected chi connectivity index (χ1v) is 6.62. The Bertz CT molecular complexity index is 207. The summed E-state index contributed by atoms with van der Waals surface area (Å²) in [6.45, 7) is 8.93. The molecule has 0 radical (unpaired) electrons. The van der Waals surface area contributed by atoms with E-state index in [0.29, 0.717) is 6.04 Å². The highest BCUT2D eigenvalue weighted by atomic mass is 16.3. The molecule has 0 aliphatic heterocycles. The minimum atomic E-state index is -0.449. The van der Waals surface area contributed by atoms with E-state index in [-0.39, 0.29) is 0 Å². The molecule has 2 N–H and O–H groups in total. The van der Waals surface area contributed by atoms with Crippen molar-refractivity contribution in [1.29, 1.82) is 0 Å². The van der Waals surface area contributed by atoms with Gasteiger partial charge in [-0.15, -0.1) is 6.58 Å². The average molecular weight is 225 g/mol. The Morgan fingerprint density at radius 2 is 2.12 bits per heavy atom. The van der Waals surface area contributed by atoms with E-state index in [1.807, 2.05) is 6.08 Å². The molecule has 0 aromatic carbocycles. The van der Waals surface area contributed by atoms with E-state index in [1.165, 1.54) is 12.8 Å². The maximum absolute atomic E-state index is 10.4. The van der Waals surface area contributed by atoms with Crippen LogP contribution in [0.2, 0.25) is 0 Å². The Hall–Kier alpha value is -0.340. The number of aliphatic hydroxyl groups is 1. The van der Waals surface area contributed by atoms with Gasteiger partial charge in [-0.3, -0.25) is 0 Å². The molecule has 0 aromatic rings. The smallest absolute Gasteiger partial charge is 0.0771 e. The molecule has 0 heterocycles. The van der Waals surface area contributed by atoms with Crippen LogP contribution in [0.4, 0.5) is 0 Å². The fraction of sp³-hybridized carbons (Fsp3) is 0.857. The van der Waals surface area contributed by atoms with Crippen LogP contribution in [-0.2, 0) is 0 Å². The van der Waals surface area contributed by atoms with Crippen molar-refractivity contribution in [2.45, 2.75) is 64.0 Å². The molecule has 0 spiro atoms. The van der Waals surface area contributed by atoms with Crippen LogP contribution in [0.25, 0.3) is 0 Å². The Morgan fingerprint density at radius 3 is 2.69 bits per heavy atom. The first-order chi connectivity index (χ1) is 7.56. The maximum Gasteiger partial charge on any atom is 0.0771 e. The zero-order chi connectivity index (χ0) is 12.0. The standard InChI is InChI=1S/C14H27NO/c1-4-5-6-13(3)15-11-14(16)9-7-12(2)8-10-14/h4,12-13,15-16H,1,5-11H2,2-3H3. The Balaban J connectivity index is 2.22. The third kappa shape index (κ3) is 4.67. The van der Waals surface area contributed by atoms with Gasteiger partial charge in [-0.05, 0) is 51.4 Å². The van der Waals surface area contributed by atoms with Gasteiger partial charge in [0.2, 0.25) is 0 Å². The lowest BCUT2D eigenvalue weighted by atomic mass is 9.79. The highest BCUT2D eigenvalue weighted by Gasteiger charge is 2.31. The summed E-state index contributed by atoms with van der Waals surface area (Å²) in [4.78, 5) is 0. The van der Waals surface area contributed by atoms with Crippen molar-refractivity contribution in [3.63, 3.8) is 0 Å². The molecule has 1 saturated carbocycles. The zero-order valence-corrected chi connectivity index (χ0v) is 10.8. The van der Waals surface area contributed by atoms with Gasteiger partial charge in [-0.2, -0.15) is 0 Å². The molecule has 94 valence electrons. The van der Waals surface area contributed by atoms with Gasteiger partial charge in [0.25, 0.3) is 0 Å². The van der Waals surface area contributed by atoms with Crippen LogP contribution in [0.5, 0.6) is 0 Å². The molecule has 1 unspecified atom stereocenters. The Kier molecular flexibility index (Phi) is 5.50. The minimum Gasteiger partial charge on any atom is -0.389 e. The summed E-state index contributed by atoms with van der Waals surface area (Å²) >= 11 is 0. The predicted octanol–water partition coefficient (Wildman–Crippen LogP) is 2.87. The number of rotatable bonds is 6. The molecule has 1 aliphatic carbocycles. The van der Waals surface area contributed by atoms with Gasteiger partial charge in [-0.25, -0.2) is 0 Å². The summed E-state index contributed by atoms with van der Waals surface area (Å²) in [5, 5.41) is 13.8. The van der Waals surface area contributed by atoms with Gasteiger partial charge in [0, 0.05) is 12.6 Å². The lowest BCUT2D eigenvalue weighted by Crippen LogP contribution is -2.45. The maximum atomic E-state index is 10.4. The SMILES string of the molecule is C=CCCC(C)NCC1(O)CCC(C)CC1. The molecule has 16 heavy (non-hydrogen) atoms. The largest absolute Gasteiger partial charge is 0.389 e. The lowest BCUT2D eigenvalue weighted by molar-refractivity contribution is -0.00792. The second-order valence-electron chi connectivity index (χ2n) is 5.55. The molecule has 0 saturated heterocycles. The van der Waals surface area contributed by atoms with Gasteiger partial charge < -0.3 is 10.4 Å². The quantitative estimate of drug-likeness (QED) is 0.681. The molecule has 0 aromatic heterocycles. The van der Waals surface area contributed by atoms with Crippen LogP contribution in [0.3, 0.4) is 0 Å². The summed E-state index contributed by atoms with van der Waals surface area (Å²) in [6.07, 6.45) is 8.35. The third-order valence-electron chi connectivity index (χ3n) is 3.79. The highest BCUT2D eigenvalue weighted by molar-refractivity contribution is 4.87. The summed E-state index contributed by atoms with van der Waals surface area (Å²) in [6, 6.07) is 0.473. The second-order valence-corrected chi connectivity index (χ2v) is 5.55. The van der Waals surface area contributed by atoms with Crippen molar-refractivity contribution in [1.82, 2.24) is 5.32 Å². The molecule has 1 atom stereocenters. The summed E-state index contributed by atoms with van der Waals surface area (Å²) in [5.74, 6) is 0.790. The lowest BCUT2D eigenvalue weighted by Gasteiger charge is -2.36. The van der Waals surface area contributed by atoms with Crippen molar-refractivity contribution in [3.05, 3.63) is 12.7 Å². The molecule has 1 rings (SSSR count). The van der Waals surface area contributed by atoms with Gasteiger partial charge in [0.05, 0.1) is 5.60 Å². The molecule has 1 aliphatic rings. The van der Waals surface area contributed by atoms with Crippen LogP contribution in [0, 0.1) is 5.92 Å². The Labute approximate surface area is 100 Å². The predicted molar refractivity (Wildman–Crippen MR) is 69.5 cm³/mol. The molecule has 0 amide bonds. The van der Waals surface area contributed by atoms with Crippen molar-refractivity contribution < 1.29 is 5.11 Å². The number of hydrogen-bond acceptors (Lipinski definition) is 2. The molecule has 2 nitrogen and oxygen atoms in total. The van der Waals surface area contributed by atoms with Crippen LogP contribution in [0.15, 0.2) is 12.7 Å². The van der Waals surface area contributed by atoms with E-state index >= 15 is 0 Å². The van der Waals surface area contributed by atoms with Crippen LogP contribution >= 0.6 is 0 Å². The van der Waals surface area contributed by atoms with Gasteiger partial charge in [-0.1, -0.05) is 13.0 Å². The van der Waals surface area contributed by atoms with Crippen molar-refractivity contribution >= 4 is 0 Å². The summed E-state index contributed by atoms with van der Waals surface area (Å²) < 4.78 is 0. The van der Waals surface area contributed by atoms with Crippen LogP contribution < -0.4 is 5.32 Å². The molecular formula is C14H27NO. The second kappa shape index (κ2) is 6.41. The van der Waals surface area contributed by atoms with E-state index < -0.39 is 5.60 Å². The third-order valence-corrected chi connectivity index (χ3v) is 3.79. The number of nitrogens with one attached hydrogen (secondary N) is 1. The number of hydrogen-bond donors (Lipinski definition) is 2. The van der Waals surface area contributed by atoms with E-state index in [4.69, 9.17) is 0 Å². The fourth-order valence-electron chi connectivity index (χ4n) is 2.31. The molecular weight excluding hydrogens is 198 g/mol. The molecule has 1 fully saturated rings. The van der Waals surface area contributed by atoms with E-state index in [2.05, 4.69) is 25.7 Å². The molecule has 0 bridgehead atoms. The normalized spacial score (nSPS) is 32.3. The van der Waals surface area contributed by atoms with Gasteiger partial charge >= 0.3 is 0 Å². The first kappa shape index (κ1) is 13.7. The van der Waals surface area contributed by atoms with Gasteiger partial charge in [0.15, 0.2) is 0 Å². The van der Waals surface area contributed by atoms with Crippen molar-refractivity contribution in [3.8, 4) is 0 Å². The summed E-state index contributed by atoms with van der Waals surface area (Å²) in [5.41, 5.74) is -0.449. The fourth-order valence-corrected chi connectivity index (χ4v) is 2.31. The topological polar surface area (TPSA) is 32.3 Å². The monoisotopic (exact) mass is 225 g/mol. The Morgan fingerprint density at radius 1 is 1.50 bits per heavy atom. The van der Waals surface area contributed by atoms with Crippen molar-refractivity contribution in [2.24, 2.45) is 5.92 Å². The van der Waals surface area contributed by atoms with Crippen LogP contribution in [-0.4, -0.2) is 23.3 Å². The van der Waals surface area contributed by atoms with Crippen molar-refractivity contribution in [2.75, 3.05) is 6.54 Å². The first-order valence-electron chi connectivity index (χ1n) is 6.62. The van der Waals surface area contributed by atoms with E-state index in [0.717, 1.165) is 38.1 Å². The average Bonchev–Trinajstić information content (AvgIpc) is 2.28. The van der Waals surface area contributed by atoms with Crippen LogP contribution in [0.1, 0.15) is 52.4 Å². The highest BCUT2D eigenvalue weighted by Crippen LogP contribution is 2.31. The minimum absolute atomic E-state index is 0.449. The molecule has 2 heteroatoms. The zero-order valence-electron chi connectivity index (χ0n) is 10.8.